The Labute approximate surface area is 180 Å². The molecule has 0 N–H and O–H groups in total. The van der Waals surface area contributed by atoms with Crippen LogP contribution in [0.4, 0.5) is 0 Å². The van der Waals surface area contributed by atoms with Crippen molar-refractivity contribution in [1.29, 1.82) is 0 Å². The summed E-state index contributed by atoms with van der Waals surface area (Å²) in [4.78, 5) is 38.3. The third-order valence-corrected chi connectivity index (χ3v) is 5.42. The van der Waals surface area contributed by atoms with E-state index in [4.69, 9.17) is 14.2 Å². The molecule has 1 unspecified atom stereocenters. The van der Waals surface area contributed by atoms with Crippen LogP contribution in [-0.4, -0.2) is 44.8 Å². The van der Waals surface area contributed by atoms with Crippen molar-refractivity contribution in [2.75, 3.05) is 21.3 Å². The van der Waals surface area contributed by atoms with Crippen LogP contribution >= 0.6 is 0 Å². The molecular weight excluding hydrogens is 384 g/mol. The van der Waals surface area contributed by atoms with Crippen molar-refractivity contribution in [2.45, 2.75) is 78.2 Å². The first kappa shape index (κ1) is 25.8. The number of ether oxygens (including phenoxy) is 3. The maximum Gasteiger partial charge on any atom is 0.232 e. The summed E-state index contributed by atoms with van der Waals surface area (Å²) in [7, 11) is 4.12. The number of ketones is 3. The van der Waals surface area contributed by atoms with E-state index < -0.39 is 17.7 Å². The van der Waals surface area contributed by atoms with Gasteiger partial charge in [-0.05, 0) is 38.3 Å². The van der Waals surface area contributed by atoms with Gasteiger partial charge in [0.1, 0.15) is 6.10 Å². The zero-order valence-electron chi connectivity index (χ0n) is 19.3. The fraction of sp³-hybridized carbons (Fsp3) is 0.625. The van der Waals surface area contributed by atoms with Gasteiger partial charge in [0.2, 0.25) is 23.1 Å². The zero-order chi connectivity index (χ0) is 22.7. The molecule has 1 aliphatic rings. The van der Waals surface area contributed by atoms with E-state index in [1.54, 1.807) is 13.8 Å². The van der Waals surface area contributed by atoms with E-state index in [0.29, 0.717) is 12.0 Å². The van der Waals surface area contributed by atoms with Crippen LogP contribution < -0.4 is 0 Å². The van der Waals surface area contributed by atoms with Crippen molar-refractivity contribution in [1.82, 2.24) is 0 Å². The Balaban J connectivity index is 3.08. The van der Waals surface area contributed by atoms with E-state index in [9.17, 15) is 14.4 Å². The Bertz CT molecular complexity index is 726. The molecule has 0 saturated carbocycles. The van der Waals surface area contributed by atoms with Gasteiger partial charge in [-0.1, -0.05) is 45.4 Å². The van der Waals surface area contributed by atoms with E-state index in [1.165, 1.54) is 53.1 Å². The molecule has 0 bridgehead atoms. The van der Waals surface area contributed by atoms with Gasteiger partial charge in [0, 0.05) is 18.3 Å². The lowest BCUT2D eigenvalue weighted by atomic mass is 9.89. The minimum Gasteiger partial charge on any atom is -0.489 e. The number of unbranched alkanes of at least 4 members (excludes halogenated alkanes) is 6. The van der Waals surface area contributed by atoms with Gasteiger partial charge < -0.3 is 14.2 Å². The molecule has 0 amide bonds. The topological polar surface area (TPSA) is 78.9 Å². The molecule has 0 aromatic rings. The lowest BCUT2D eigenvalue weighted by Gasteiger charge is -2.20. The first-order valence-corrected chi connectivity index (χ1v) is 10.7. The number of rotatable bonds is 14. The normalized spacial score (nSPS) is 16.3. The van der Waals surface area contributed by atoms with Gasteiger partial charge in [-0.25, -0.2) is 0 Å². The van der Waals surface area contributed by atoms with Crippen molar-refractivity contribution in [2.24, 2.45) is 0 Å². The van der Waals surface area contributed by atoms with Gasteiger partial charge in [0.25, 0.3) is 0 Å². The van der Waals surface area contributed by atoms with E-state index in [0.717, 1.165) is 19.3 Å². The molecule has 0 saturated heterocycles. The highest BCUT2D eigenvalue weighted by atomic mass is 16.5. The second-order valence-electron chi connectivity index (χ2n) is 7.55. The number of Topliss-reactive ketones (excluding diaryl/α,β-unsaturated/α-hetero) is 3. The summed E-state index contributed by atoms with van der Waals surface area (Å²) in [5.74, 6) is -1.29. The van der Waals surface area contributed by atoms with Crippen LogP contribution in [0.3, 0.4) is 0 Å². The Kier molecular flexibility index (Phi) is 11.3. The second-order valence-corrected chi connectivity index (χ2v) is 7.55. The summed E-state index contributed by atoms with van der Waals surface area (Å²) in [6.07, 6.45) is 9.29. The van der Waals surface area contributed by atoms with Crippen molar-refractivity contribution < 1.29 is 28.6 Å². The van der Waals surface area contributed by atoms with E-state index >= 15 is 0 Å². The average Bonchev–Trinajstić information content (AvgIpc) is 2.75. The minimum atomic E-state index is -0.622. The summed E-state index contributed by atoms with van der Waals surface area (Å²) < 4.78 is 15.4. The van der Waals surface area contributed by atoms with Crippen LogP contribution in [0.15, 0.2) is 34.3 Å². The number of hydrogen-bond donors (Lipinski definition) is 0. The standard InChI is InChI=1S/C24H36O6/c1-7-8-9-10-11-12-13-14-18(21(26)17(3)28-4)15-19-16(2)20(25)23(29-5)24(30-6)22(19)27/h15,17H,7-14H2,1-6H3/b18-15-. The zero-order valence-corrected chi connectivity index (χ0v) is 19.3. The van der Waals surface area contributed by atoms with Gasteiger partial charge in [-0.2, -0.15) is 0 Å². The van der Waals surface area contributed by atoms with Gasteiger partial charge in [-0.15, -0.1) is 0 Å². The largest absolute Gasteiger partial charge is 0.489 e. The summed E-state index contributed by atoms with van der Waals surface area (Å²) in [5.41, 5.74) is 0.907. The predicted molar refractivity (Wildman–Crippen MR) is 116 cm³/mol. The van der Waals surface area contributed by atoms with Gasteiger partial charge in [-0.3, -0.25) is 14.4 Å². The lowest BCUT2D eigenvalue weighted by Crippen LogP contribution is -2.26. The molecule has 1 rings (SSSR count). The quantitative estimate of drug-likeness (QED) is 0.232. The number of carbonyl (C=O) groups is 3. The molecular formula is C24H36O6. The average molecular weight is 421 g/mol. The molecule has 0 aromatic heterocycles. The third kappa shape index (κ3) is 6.66. The SMILES string of the molecule is CCCCCCCCC/C(=C/C1=C(C)C(=O)C(OC)=C(OC)C1=O)C(=O)C(C)OC. The van der Waals surface area contributed by atoms with Crippen LogP contribution in [0.5, 0.6) is 0 Å². The van der Waals surface area contributed by atoms with Crippen LogP contribution in [0.1, 0.15) is 72.1 Å². The van der Waals surface area contributed by atoms with Crippen molar-refractivity contribution in [3.63, 3.8) is 0 Å². The molecule has 168 valence electrons. The Morgan fingerprint density at radius 3 is 1.97 bits per heavy atom. The molecule has 1 atom stereocenters. The first-order chi connectivity index (χ1) is 14.3. The van der Waals surface area contributed by atoms with Gasteiger partial charge in [0.05, 0.1) is 14.2 Å². The fourth-order valence-electron chi connectivity index (χ4n) is 3.42. The van der Waals surface area contributed by atoms with Crippen LogP contribution in [0.2, 0.25) is 0 Å². The van der Waals surface area contributed by atoms with Crippen molar-refractivity contribution in [3.8, 4) is 0 Å². The van der Waals surface area contributed by atoms with Gasteiger partial charge in [0.15, 0.2) is 5.78 Å². The number of carbonyl (C=O) groups excluding carboxylic acids is 3. The Hall–Kier alpha value is -2.21. The first-order valence-electron chi connectivity index (χ1n) is 10.7. The van der Waals surface area contributed by atoms with E-state index in [1.807, 2.05) is 0 Å². The molecule has 0 heterocycles. The maximum absolute atomic E-state index is 12.9. The number of allylic oxidation sites excluding steroid dienone is 3. The predicted octanol–water partition coefficient (Wildman–Crippen LogP) is 4.63. The minimum absolute atomic E-state index is 0.109. The number of hydrogen-bond acceptors (Lipinski definition) is 6. The molecule has 0 aliphatic heterocycles. The lowest BCUT2D eigenvalue weighted by molar-refractivity contribution is -0.124. The molecule has 0 radical (unpaired) electrons. The molecule has 0 fully saturated rings. The molecule has 30 heavy (non-hydrogen) atoms. The Morgan fingerprint density at radius 2 is 1.43 bits per heavy atom. The molecule has 0 aromatic carbocycles. The third-order valence-electron chi connectivity index (χ3n) is 5.42. The molecule has 6 nitrogen and oxygen atoms in total. The van der Waals surface area contributed by atoms with Crippen LogP contribution in [-0.2, 0) is 28.6 Å². The smallest absolute Gasteiger partial charge is 0.232 e. The van der Waals surface area contributed by atoms with E-state index in [-0.39, 0.29) is 28.4 Å². The van der Waals surface area contributed by atoms with Crippen molar-refractivity contribution in [3.05, 3.63) is 34.3 Å². The summed E-state index contributed by atoms with van der Waals surface area (Å²) in [6.45, 7) is 5.43. The maximum atomic E-state index is 12.9. The second kappa shape index (κ2) is 13.2. The number of methoxy groups -OCH3 is 3. The van der Waals surface area contributed by atoms with E-state index in [2.05, 4.69) is 6.92 Å². The summed E-state index contributed by atoms with van der Waals surface area (Å²) in [6, 6.07) is 0. The van der Waals surface area contributed by atoms with Crippen LogP contribution in [0.25, 0.3) is 0 Å². The molecule has 0 spiro atoms. The Morgan fingerprint density at radius 1 is 0.900 bits per heavy atom. The monoisotopic (exact) mass is 420 g/mol. The molecule has 1 aliphatic carbocycles. The van der Waals surface area contributed by atoms with Gasteiger partial charge >= 0.3 is 0 Å². The fourth-order valence-corrected chi connectivity index (χ4v) is 3.42. The van der Waals surface area contributed by atoms with Crippen molar-refractivity contribution >= 4 is 17.3 Å². The molecule has 6 heteroatoms. The highest BCUT2D eigenvalue weighted by molar-refractivity contribution is 6.25. The summed E-state index contributed by atoms with van der Waals surface area (Å²) in [5, 5.41) is 0. The summed E-state index contributed by atoms with van der Waals surface area (Å²) >= 11 is 0. The van der Waals surface area contributed by atoms with Crippen LogP contribution in [0, 0.1) is 0 Å². The highest BCUT2D eigenvalue weighted by Gasteiger charge is 2.34. The highest BCUT2D eigenvalue weighted by Crippen LogP contribution is 2.28.